The first-order valence-corrected chi connectivity index (χ1v) is 4.35. The highest BCUT2D eigenvalue weighted by Gasteiger charge is 2.03. The molecule has 0 atom stereocenters. The van der Waals surface area contributed by atoms with Gasteiger partial charge in [-0.15, -0.1) is 0 Å². The minimum Gasteiger partial charge on any atom is -0.375 e. The molecule has 66 valence electrons. The first kappa shape index (κ1) is 9.39. The van der Waals surface area contributed by atoms with Crippen LogP contribution < -0.4 is 4.90 Å². The van der Waals surface area contributed by atoms with Crippen LogP contribution in [0.1, 0.15) is 5.56 Å². The molecule has 0 saturated carbocycles. The van der Waals surface area contributed by atoms with Gasteiger partial charge in [0.1, 0.15) is 5.82 Å². The van der Waals surface area contributed by atoms with Crippen LogP contribution in [0.15, 0.2) is 18.2 Å². The normalized spacial score (nSPS) is 10.0. The maximum Gasteiger partial charge on any atom is 0.146 e. The maximum atomic E-state index is 13.2. The second kappa shape index (κ2) is 3.81. The van der Waals surface area contributed by atoms with Crippen LogP contribution >= 0.6 is 12.6 Å². The van der Waals surface area contributed by atoms with Gasteiger partial charge in [-0.2, -0.15) is 12.6 Å². The molecule has 0 bridgehead atoms. The number of halogens is 1. The number of hydrogen-bond donors (Lipinski definition) is 1. The SMILES string of the molecule is CN(C)c1ccc(CS)cc1F. The molecule has 0 N–H and O–H groups in total. The minimum atomic E-state index is -0.188. The van der Waals surface area contributed by atoms with Gasteiger partial charge in [0, 0.05) is 19.8 Å². The van der Waals surface area contributed by atoms with E-state index in [4.69, 9.17) is 0 Å². The van der Waals surface area contributed by atoms with Gasteiger partial charge in [0.15, 0.2) is 0 Å². The Morgan fingerprint density at radius 3 is 2.50 bits per heavy atom. The van der Waals surface area contributed by atoms with Crippen molar-refractivity contribution in [3.05, 3.63) is 29.6 Å². The molecule has 1 nitrogen and oxygen atoms in total. The van der Waals surface area contributed by atoms with E-state index in [1.807, 2.05) is 20.2 Å². The summed E-state index contributed by atoms with van der Waals surface area (Å²) in [6.45, 7) is 0. The van der Waals surface area contributed by atoms with E-state index in [9.17, 15) is 4.39 Å². The average molecular weight is 185 g/mol. The summed E-state index contributed by atoms with van der Waals surface area (Å²) in [5.74, 6) is 0.386. The van der Waals surface area contributed by atoms with Crippen molar-refractivity contribution >= 4 is 18.3 Å². The van der Waals surface area contributed by atoms with E-state index in [1.54, 1.807) is 11.0 Å². The molecular weight excluding hydrogens is 173 g/mol. The highest BCUT2D eigenvalue weighted by molar-refractivity contribution is 7.79. The van der Waals surface area contributed by atoms with Crippen molar-refractivity contribution in [2.45, 2.75) is 5.75 Å². The average Bonchev–Trinajstić information content (AvgIpc) is 2.03. The fourth-order valence-electron chi connectivity index (χ4n) is 1.01. The standard InChI is InChI=1S/C9H12FNS/c1-11(2)9-4-3-7(6-12)5-8(9)10/h3-5,12H,6H2,1-2H3. The number of anilines is 1. The Hall–Kier alpha value is -0.700. The van der Waals surface area contributed by atoms with Crippen LogP contribution in [0.5, 0.6) is 0 Å². The number of thiol groups is 1. The highest BCUT2D eigenvalue weighted by atomic mass is 32.1. The summed E-state index contributed by atoms with van der Waals surface area (Å²) in [5, 5.41) is 0. The lowest BCUT2D eigenvalue weighted by molar-refractivity contribution is 0.625. The first-order chi connectivity index (χ1) is 5.65. The second-order valence-corrected chi connectivity index (χ2v) is 3.15. The number of rotatable bonds is 2. The van der Waals surface area contributed by atoms with E-state index in [-0.39, 0.29) is 5.82 Å². The fourth-order valence-corrected chi connectivity index (χ4v) is 1.21. The van der Waals surface area contributed by atoms with Crippen LogP contribution in [0.25, 0.3) is 0 Å². The van der Waals surface area contributed by atoms with Gasteiger partial charge in [0.2, 0.25) is 0 Å². The third-order valence-corrected chi connectivity index (χ3v) is 2.04. The van der Waals surface area contributed by atoms with Crippen molar-refractivity contribution in [2.24, 2.45) is 0 Å². The monoisotopic (exact) mass is 185 g/mol. The molecule has 0 radical (unpaired) electrons. The van der Waals surface area contributed by atoms with Crippen LogP contribution in [0.4, 0.5) is 10.1 Å². The molecular formula is C9H12FNS. The molecule has 0 fully saturated rings. The molecule has 0 aliphatic carbocycles. The lowest BCUT2D eigenvalue weighted by Crippen LogP contribution is -2.10. The molecule has 12 heavy (non-hydrogen) atoms. The summed E-state index contributed by atoms with van der Waals surface area (Å²) >= 11 is 4.06. The molecule has 0 aliphatic heterocycles. The molecule has 0 aromatic heterocycles. The van der Waals surface area contributed by atoms with Gasteiger partial charge >= 0.3 is 0 Å². The predicted octanol–water partition coefficient (Wildman–Crippen LogP) is 2.32. The maximum absolute atomic E-state index is 13.2. The first-order valence-electron chi connectivity index (χ1n) is 3.71. The molecule has 0 saturated heterocycles. The van der Waals surface area contributed by atoms with Crippen LogP contribution in [-0.2, 0) is 5.75 Å². The minimum absolute atomic E-state index is 0.188. The van der Waals surface area contributed by atoms with Crippen LogP contribution in [-0.4, -0.2) is 14.1 Å². The summed E-state index contributed by atoms with van der Waals surface area (Å²) < 4.78 is 13.2. The Bertz CT molecular complexity index is 273. The number of hydrogen-bond acceptors (Lipinski definition) is 2. The quantitative estimate of drug-likeness (QED) is 0.692. The largest absolute Gasteiger partial charge is 0.375 e. The summed E-state index contributed by atoms with van der Waals surface area (Å²) in [4.78, 5) is 1.75. The van der Waals surface area contributed by atoms with E-state index >= 15 is 0 Å². The van der Waals surface area contributed by atoms with Gasteiger partial charge in [-0.3, -0.25) is 0 Å². The predicted molar refractivity (Wildman–Crippen MR) is 53.4 cm³/mol. The summed E-state index contributed by atoms with van der Waals surface area (Å²) in [5.41, 5.74) is 1.52. The van der Waals surface area contributed by atoms with E-state index < -0.39 is 0 Å². The molecule has 0 amide bonds. The Balaban J connectivity index is 3.03. The van der Waals surface area contributed by atoms with E-state index in [2.05, 4.69) is 12.6 Å². The van der Waals surface area contributed by atoms with Gasteiger partial charge in [-0.25, -0.2) is 4.39 Å². The fraction of sp³-hybridized carbons (Fsp3) is 0.333. The number of nitrogens with zero attached hydrogens (tertiary/aromatic N) is 1. The zero-order chi connectivity index (χ0) is 9.14. The van der Waals surface area contributed by atoms with Gasteiger partial charge in [0.25, 0.3) is 0 Å². The second-order valence-electron chi connectivity index (χ2n) is 2.84. The van der Waals surface area contributed by atoms with Crippen LogP contribution in [0, 0.1) is 5.82 Å². The molecule has 1 aromatic rings. The molecule has 0 spiro atoms. The van der Waals surface area contributed by atoms with Crippen molar-refractivity contribution in [1.82, 2.24) is 0 Å². The van der Waals surface area contributed by atoms with E-state index in [0.29, 0.717) is 11.4 Å². The van der Waals surface area contributed by atoms with Crippen molar-refractivity contribution in [3.63, 3.8) is 0 Å². The van der Waals surface area contributed by atoms with Crippen LogP contribution in [0.2, 0.25) is 0 Å². The Morgan fingerprint density at radius 2 is 2.08 bits per heavy atom. The lowest BCUT2D eigenvalue weighted by atomic mass is 10.2. The molecule has 0 aliphatic rings. The molecule has 0 unspecified atom stereocenters. The Morgan fingerprint density at radius 1 is 1.42 bits per heavy atom. The summed E-state index contributed by atoms with van der Waals surface area (Å²) in [6, 6.07) is 5.16. The van der Waals surface area contributed by atoms with Gasteiger partial charge in [0.05, 0.1) is 5.69 Å². The lowest BCUT2D eigenvalue weighted by Gasteiger charge is -2.13. The molecule has 0 heterocycles. The summed E-state index contributed by atoms with van der Waals surface area (Å²) in [7, 11) is 3.64. The Kier molecular flexibility index (Phi) is 2.98. The third-order valence-electron chi connectivity index (χ3n) is 1.68. The number of benzene rings is 1. The Labute approximate surface area is 77.6 Å². The third kappa shape index (κ3) is 1.91. The smallest absolute Gasteiger partial charge is 0.146 e. The zero-order valence-corrected chi connectivity index (χ0v) is 8.11. The van der Waals surface area contributed by atoms with Crippen molar-refractivity contribution in [3.8, 4) is 0 Å². The zero-order valence-electron chi connectivity index (χ0n) is 7.21. The van der Waals surface area contributed by atoms with Gasteiger partial charge in [-0.1, -0.05) is 6.07 Å². The van der Waals surface area contributed by atoms with Gasteiger partial charge < -0.3 is 4.90 Å². The highest BCUT2D eigenvalue weighted by Crippen LogP contribution is 2.18. The van der Waals surface area contributed by atoms with Crippen molar-refractivity contribution in [2.75, 3.05) is 19.0 Å². The molecule has 3 heteroatoms. The summed E-state index contributed by atoms with van der Waals surface area (Å²) in [6.07, 6.45) is 0. The van der Waals surface area contributed by atoms with E-state index in [1.165, 1.54) is 6.07 Å². The van der Waals surface area contributed by atoms with E-state index in [0.717, 1.165) is 5.56 Å². The topological polar surface area (TPSA) is 3.24 Å². The van der Waals surface area contributed by atoms with Crippen molar-refractivity contribution in [1.29, 1.82) is 0 Å². The molecule has 1 aromatic carbocycles. The molecule has 1 rings (SSSR count). The van der Waals surface area contributed by atoms with Crippen LogP contribution in [0.3, 0.4) is 0 Å². The van der Waals surface area contributed by atoms with Crippen molar-refractivity contribution < 1.29 is 4.39 Å². The van der Waals surface area contributed by atoms with Gasteiger partial charge in [-0.05, 0) is 17.7 Å².